The zero-order valence-electron chi connectivity index (χ0n) is 5.29. The lowest BCUT2D eigenvalue weighted by Crippen LogP contribution is -1.80. The molecule has 0 aliphatic heterocycles. The third kappa shape index (κ3) is 0.711. The van der Waals surface area contributed by atoms with Crippen LogP contribution in [0.3, 0.4) is 0 Å². The second kappa shape index (κ2) is 2.03. The Morgan fingerprint density at radius 1 is 1.10 bits per heavy atom. The highest BCUT2D eigenvalue weighted by atomic mass is 35.5. The molecule has 2 heterocycles. The Kier molecular flexibility index (Phi) is 1.18. The minimum Gasteiger partial charge on any atom is -0.308 e. The third-order valence-electron chi connectivity index (χ3n) is 1.51. The first kappa shape index (κ1) is 5.81. The lowest BCUT2D eigenvalue weighted by molar-refractivity contribution is 1.20. The van der Waals surface area contributed by atoms with E-state index in [2.05, 4.69) is 0 Å². The normalized spacial score (nSPS) is 10.5. The maximum atomic E-state index is 5.86. The van der Waals surface area contributed by atoms with Crippen LogP contribution in [-0.4, -0.2) is 4.40 Å². The van der Waals surface area contributed by atoms with Crippen LogP contribution >= 0.6 is 11.6 Å². The first-order chi connectivity index (χ1) is 4.88. The fourth-order valence-electron chi connectivity index (χ4n) is 1.03. The van der Waals surface area contributed by atoms with Gasteiger partial charge in [0.2, 0.25) is 0 Å². The average Bonchev–Trinajstić information content (AvgIpc) is 2.36. The molecule has 2 heteroatoms. The minimum atomic E-state index is 0.752. The highest BCUT2D eigenvalue weighted by Crippen LogP contribution is 2.12. The molecule has 0 bridgehead atoms. The van der Waals surface area contributed by atoms with Crippen LogP contribution in [-0.2, 0) is 0 Å². The average molecular weight is 152 g/mol. The van der Waals surface area contributed by atoms with Crippen molar-refractivity contribution in [2.45, 2.75) is 0 Å². The van der Waals surface area contributed by atoms with E-state index in [1.165, 1.54) is 0 Å². The van der Waals surface area contributed by atoms with Crippen LogP contribution in [0.2, 0.25) is 5.15 Å². The van der Waals surface area contributed by atoms with Crippen LogP contribution in [0.15, 0.2) is 36.5 Å². The van der Waals surface area contributed by atoms with Crippen molar-refractivity contribution < 1.29 is 0 Å². The number of nitrogens with zero attached hydrogens (tertiary/aromatic N) is 1. The standard InChI is InChI=1S/C8H6ClN/c9-8-5-1-3-7-4-2-6-10(7)8/h1-6H. The summed E-state index contributed by atoms with van der Waals surface area (Å²) in [5, 5.41) is 0.752. The molecular formula is C8H6ClN. The molecule has 2 aromatic heterocycles. The van der Waals surface area contributed by atoms with Crippen molar-refractivity contribution >= 4 is 17.1 Å². The van der Waals surface area contributed by atoms with Crippen LogP contribution in [0.25, 0.3) is 5.52 Å². The quantitative estimate of drug-likeness (QED) is 0.510. The number of pyridine rings is 1. The van der Waals surface area contributed by atoms with Crippen LogP contribution in [0.1, 0.15) is 0 Å². The first-order valence-corrected chi connectivity index (χ1v) is 3.47. The van der Waals surface area contributed by atoms with E-state index in [1.54, 1.807) is 0 Å². The van der Waals surface area contributed by atoms with Gasteiger partial charge in [0.25, 0.3) is 0 Å². The Bertz CT molecular complexity index is 351. The molecular weight excluding hydrogens is 146 g/mol. The second-order valence-electron chi connectivity index (χ2n) is 2.15. The summed E-state index contributed by atoms with van der Waals surface area (Å²) in [6, 6.07) is 9.82. The van der Waals surface area contributed by atoms with Gasteiger partial charge >= 0.3 is 0 Å². The number of fused-ring (bicyclic) bond motifs is 1. The van der Waals surface area contributed by atoms with Crippen molar-refractivity contribution in [2.75, 3.05) is 0 Å². The van der Waals surface area contributed by atoms with Gasteiger partial charge in [-0.2, -0.15) is 0 Å². The Hall–Kier alpha value is -0.950. The highest BCUT2D eigenvalue weighted by Gasteiger charge is 1.92. The lowest BCUT2D eigenvalue weighted by atomic mass is 10.4. The Morgan fingerprint density at radius 3 is 2.70 bits per heavy atom. The summed E-state index contributed by atoms with van der Waals surface area (Å²) < 4.78 is 1.93. The molecule has 10 heavy (non-hydrogen) atoms. The van der Waals surface area contributed by atoms with Crippen molar-refractivity contribution in [3.63, 3.8) is 0 Å². The first-order valence-electron chi connectivity index (χ1n) is 3.09. The summed E-state index contributed by atoms with van der Waals surface area (Å²) in [7, 11) is 0. The molecule has 0 saturated heterocycles. The van der Waals surface area contributed by atoms with E-state index in [0.717, 1.165) is 10.7 Å². The van der Waals surface area contributed by atoms with E-state index in [4.69, 9.17) is 11.6 Å². The van der Waals surface area contributed by atoms with E-state index in [1.807, 2.05) is 40.9 Å². The molecule has 0 fully saturated rings. The fourth-order valence-corrected chi connectivity index (χ4v) is 1.26. The molecule has 0 aliphatic carbocycles. The summed E-state index contributed by atoms with van der Waals surface area (Å²) in [4.78, 5) is 0. The predicted octanol–water partition coefficient (Wildman–Crippen LogP) is 2.59. The van der Waals surface area contributed by atoms with Gasteiger partial charge in [0.15, 0.2) is 0 Å². The Balaban J connectivity index is 2.95. The second-order valence-corrected chi connectivity index (χ2v) is 2.54. The van der Waals surface area contributed by atoms with Crippen molar-refractivity contribution in [3.05, 3.63) is 41.7 Å². The van der Waals surface area contributed by atoms with Crippen LogP contribution in [0.4, 0.5) is 0 Å². The molecule has 0 aliphatic rings. The van der Waals surface area contributed by atoms with Crippen LogP contribution < -0.4 is 0 Å². The van der Waals surface area contributed by atoms with Crippen molar-refractivity contribution in [3.8, 4) is 0 Å². The van der Waals surface area contributed by atoms with Crippen molar-refractivity contribution in [1.29, 1.82) is 0 Å². The molecule has 0 spiro atoms. The monoisotopic (exact) mass is 151 g/mol. The van der Waals surface area contributed by atoms with E-state index in [-0.39, 0.29) is 0 Å². The van der Waals surface area contributed by atoms with Gasteiger partial charge in [0, 0.05) is 11.7 Å². The number of aromatic nitrogens is 1. The zero-order chi connectivity index (χ0) is 6.97. The van der Waals surface area contributed by atoms with Crippen LogP contribution in [0, 0.1) is 0 Å². The van der Waals surface area contributed by atoms with Crippen LogP contribution in [0.5, 0.6) is 0 Å². The molecule has 0 N–H and O–H groups in total. The zero-order valence-corrected chi connectivity index (χ0v) is 6.05. The van der Waals surface area contributed by atoms with E-state index >= 15 is 0 Å². The van der Waals surface area contributed by atoms with Gasteiger partial charge < -0.3 is 4.40 Å². The summed E-state index contributed by atoms with van der Waals surface area (Å²) in [6.45, 7) is 0. The summed E-state index contributed by atoms with van der Waals surface area (Å²) >= 11 is 5.86. The van der Waals surface area contributed by atoms with Gasteiger partial charge in [-0.05, 0) is 24.3 Å². The Labute approximate surface area is 63.9 Å². The molecule has 0 radical (unpaired) electrons. The number of hydrogen-bond acceptors (Lipinski definition) is 0. The molecule has 0 amide bonds. The molecule has 1 nitrogen and oxygen atoms in total. The summed E-state index contributed by atoms with van der Waals surface area (Å²) in [5.41, 5.74) is 1.13. The maximum Gasteiger partial charge on any atom is 0.113 e. The van der Waals surface area contributed by atoms with E-state index < -0.39 is 0 Å². The molecule has 0 saturated carbocycles. The molecule has 0 atom stereocenters. The lowest BCUT2D eigenvalue weighted by Gasteiger charge is -1.94. The topological polar surface area (TPSA) is 4.41 Å². The van der Waals surface area contributed by atoms with Gasteiger partial charge in [0.05, 0.1) is 0 Å². The van der Waals surface area contributed by atoms with Gasteiger partial charge in [0.1, 0.15) is 5.15 Å². The van der Waals surface area contributed by atoms with Gasteiger partial charge in [-0.1, -0.05) is 17.7 Å². The maximum absolute atomic E-state index is 5.86. The van der Waals surface area contributed by atoms with E-state index in [0.29, 0.717) is 0 Å². The smallest absolute Gasteiger partial charge is 0.113 e. The highest BCUT2D eigenvalue weighted by molar-refractivity contribution is 6.29. The molecule has 50 valence electrons. The number of halogens is 1. The van der Waals surface area contributed by atoms with Gasteiger partial charge in [-0.3, -0.25) is 0 Å². The molecule has 0 aromatic carbocycles. The van der Waals surface area contributed by atoms with Gasteiger partial charge in [-0.25, -0.2) is 0 Å². The molecule has 2 aromatic rings. The van der Waals surface area contributed by atoms with Gasteiger partial charge in [-0.15, -0.1) is 0 Å². The predicted molar refractivity (Wildman–Crippen MR) is 42.4 cm³/mol. The number of rotatable bonds is 0. The largest absolute Gasteiger partial charge is 0.308 e. The Morgan fingerprint density at radius 2 is 1.90 bits per heavy atom. The number of hydrogen-bond donors (Lipinski definition) is 0. The van der Waals surface area contributed by atoms with E-state index in [9.17, 15) is 0 Å². The summed E-state index contributed by atoms with van der Waals surface area (Å²) in [6.07, 6.45) is 1.94. The third-order valence-corrected chi connectivity index (χ3v) is 1.82. The molecule has 2 rings (SSSR count). The summed E-state index contributed by atoms with van der Waals surface area (Å²) in [5.74, 6) is 0. The SMILES string of the molecule is Clc1cccc2cccn12. The molecule has 0 unspecified atom stereocenters. The fraction of sp³-hybridized carbons (Fsp3) is 0. The van der Waals surface area contributed by atoms with Crippen molar-refractivity contribution in [2.24, 2.45) is 0 Å². The minimum absolute atomic E-state index is 0.752. The van der Waals surface area contributed by atoms with Crippen molar-refractivity contribution in [1.82, 2.24) is 4.40 Å².